The average Bonchev–Trinajstić information content (AvgIpc) is 4.00. The van der Waals surface area contributed by atoms with Crippen LogP contribution in [-0.2, 0) is 49.8 Å². The molecule has 5 N–H and O–H groups in total. The number of fused-ring (bicyclic) bond motifs is 2. The number of nitrogens with one attached hydrogen (secondary N) is 1. The molecule has 0 saturated carbocycles. The number of nitrogens with two attached hydrogens (primary N) is 2. The van der Waals surface area contributed by atoms with Gasteiger partial charge < -0.3 is 39.8 Å². The Morgan fingerprint density at radius 2 is 1.11 bits per heavy atom. The van der Waals surface area contributed by atoms with Crippen molar-refractivity contribution in [1.29, 1.82) is 0 Å². The van der Waals surface area contributed by atoms with E-state index in [-0.39, 0.29) is 36.7 Å². The molecule has 4 heterocycles. The Bertz CT molecular complexity index is 2910. The van der Waals surface area contributed by atoms with Gasteiger partial charge in [-0.3, -0.25) is 33.3 Å². The SMILES string of the molecule is CCn1nc(C)cc1C(=O)N=c1n(C)c2cc(C(N)=O)ccc2n1CCC(CCn1c(=NC(=O)c2cc(C)nn2CC)n(C)c2cc(C(N)=O)ccc21)OCC(=O)Nc1ccccc1. The van der Waals surface area contributed by atoms with Gasteiger partial charge in [0.05, 0.1) is 39.6 Å². The quantitative estimate of drug-likeness (QED) is 0.130. The summed E-state index contributed by atoms with van der Waals surface area (Å²) < 4.78 is 16.8. The molecule has 0 aliphatic carbocycles. The predicted octanol–water partition coefficient (Wildman–Crippen LogP) is 3.51. The number of aromatic nitrogens is 8. The number of amides is 5. The van der Waals surface area contributed by atoms with Gasteiger partial charge in [0.2, 0.25) is 29.0 Å². The van der Waals surface area contributed by atoms with Crippen molar-refractivity contribution in [3.8, 4) is 0 Å². The second-order valence-corrected chi connectivity index (χ2v) is 15.4. The first-order valence-electron chi connectivity index (χ1n) is 20.9. The summed E-state index contributed by atoms with van der Waals surface area (Å²) in [6.07, 6.45) is 0.0442. The molecule has 7 aromatic rings. The van der Waals surface area contributed by atoms with Crippen molar-refractivity contribution in [3.63, 3.8) is 0 Å². The Kier molecular flexibility index (Phi) is 13.0. The summed E-state index contributed by atoms with van der Waals surface area (Å²) in [5.74, 6) is -2.58. The maximum atomic E-state index is 13.8. The summed E-state index contributed by atoms with van der Waals surface area (Å²) in [5.41, 5.74) is 17.7. The molecular formula is C45H51N13O6. The molecule has 19 nitrogen and oxygen atoms in total. The highest BCUT2D eigenvalue weighted by Gasteiger charge is 2.22. The number of anilines is 1. The van der Waals surface area contributed by atoms with Crippen molar-refractivity contribution >= 4 is 57.3 Å². The van der Waals surface area contributed by atoms with Crippen molar-refractivity contribution in [2.24, 2.45) is 35.5 Å². The Morgan fingerprint density at radius 1 is 0.656 bits per heavy atom. The number of hydrogen-bond donors (Lipinski definition) is 3. The molecule has 64 heavy (non-hydrogen) atoms. The first-order valence-corrected chi connectivity index (χ1v) is 20.9. The lowest BCUT2D eigenvalue weighted by Crippen LogP contribution is -2.31. The number of carbonyl (C=O) groups is 5. The molecule has 0 unspecified atom stereocenters. The molecule has 0 bridgehead atoms. The van der Waals surface area contributed by atoms with E-state index in [1.165, 1.54) is 0 Å². The molecule has 0 aliphatic rings. The Balaban J connectivity index is 1.28. The molecule has 0 spiro atoms. The van der Waals surface area contributed by atoms with E-state index in [2.05, 4.69) is 25.5 Å². The summed E-state index contributed by atoms with van der Waals surface area (Å²) in [4.78, 5) is 74.7. The maximum absolute atomic E-state index is 13.8. The van der Waals surface area contributed by atoms with Gasteiger partial charge in [-0.15, -0.1) is 0 Å². The number of benzene rings is 3. The molecule has 0 radical (unpaired) electrons. The highest BCUT2D eigenvalue weighted by molar-refractivity contribution is 5.98. The Hall–Kier alpha value is -7.67. The van der Waals surface area contributed by atoms with Crippen LogP contribution in [0.4, 0.5) is 5.69 Å². The monoisotopic (exact) mass is 869 g/mol. The Labute approximate surface area is 367 Å². The highest BCUT2D eigenvalue weighted by atomic mass is 16.5. The van der Waals surface area contributed by atoms with Crippen LogP contribution in [0.2, 0.25) is 0 Å². The molecule has 332 valence electrons. The van der Waals surface area contributed by atoms with Gasteiger partial charge >= 0.3 is 0 Å². The van der Waals surface area contributed by atoms with Gasteiger partial charge in [-0.05, 0) is 101 Å². The number of ether oxygens (including phenoxy) is 1. The standard InChI is InChI=1S/C45H51N13O6/c1-7-57-37(22-27(3)51-57)42(62)49-44-53(5)35-24-29(40(46)60)14-16-33(35)55(44)20-18-32(64-26-39(59)48-31-12-10-9-11-13-31)19-21-56-34-17-15-30(41(47)61)25-36(34)54(6)45(56)50-43(63)38-23-28(4)52-58(38)8-2/h9-17,22-25,32H,7-8,18-21,26H2,1-6H3,(H2,46,60)(H2,47,61)(H,48,59). The first kappa shape index (κ1) is 44.4. The minimum Gasteiger partial charge on any atom is -0.368 e. The molecule has 19 heteroatoms. The van der Waals surface area contributed by atoms with Gasteiger partial charge in [0.1, 0.15) is 18.0 Å². The fourth-order valence-corrected chi connectivity index (χ4v) is 7.83. The van der Waals surface area contributed by atoms with Crippen molar-refractivity contribution in [1.82, 2.24) is 37.8 Å². The number of aryl methyl sites for hydroxylation is 8. The third-order valence-electron chi connectivity index (χ3n) is 11.0. The normalized spacial score (nSPS) is 12.7. The molecule has 7 rings (SSSR count). The van der Waals surface area contributed by atoms with E-state index in [9.17, 15) is 24.0 Å². The van der Waals surface area contributed by atoms with Crippen molar-refractivity contribution in [3.05, 3.63) is 124 Å². The number of para-hydroxylation sites is 1. The van der Waals surface area contributed by atoms with Gasteiger partial charge in [-0.1, -0.05) is 18.2 Å². The molecule has 0 atom stereocenters. The molecular weight excluding hydrogens is 819 g/mol. The van der Waals surface area contributed by atoms with Crippen LogP contribution in [0.5, 0.6) is 0 Å². The molecule has 3 aromatic carbocycles. The van der Waals surface area contributed by atoms with Crippen LogP contribution < -0.4 is 28.0 Å². The van der Waals surface area contributed by atoms with Crippen LogP contribution in [-0.4, -0.2) is 80.1 Å². The van der Waals surface area contributed by atoms with E-state index in [4.69, 9.17) is 16.2 Å². The van der Waals surface area contributed by atoms with Crippen molar-refractivity contribution < 1.29 is 28.7 Å². The summed E-state index contributed by atoms with van der Waals surface area (Å²) in [5, 5.41) is 11.7. The number of rotatable bonds is 16. The zero-order valence-corrected chi connectivity index (χ0v) is 36.6. The van der Waals surface area contributed by atoms with E-state index in [1.54, 1.807) is 107 Å². The summed E-state index contributed by atoms with van der Waals surface area (Å²) in [6.45, 7) is 8.55. The topological polar surface area (TPSA) is 239 Å². The second-order valence-electron chi connectivity index (χ2n) is 15.4. The van der Waals surface area contributed by atoms with Gasteiger partial charge in [0.15, 0.2) is 0 Å². The van der Waals surface area contributed by atoms with Crippen LogP contribution in [0.3, 0.4) is 0 Å². The number of primary amides is 2. The predicted molar refractivity (Wildman–Crippen MR) is 238 cm³/mol. The number of carbonyl (C=O) groups excluding carboxylic acids is 5. The summed E-state index contributed by atoms with van der Waals surface area (Å²) in [7, 11) is 3.50. The fourth-order valence-electron chi connectivity index (χ4n) is 7.83. The average molecular weight is 870 g/mol. The van der Waals surface area contributed by atoms with Crippen molar-refractivity contribution in [2.45, 2.75) is 72.8 Å². The van der Waals surface area contributed by atoms with Gasteiger partial charge in [0.25, 0.3) is 11.8 Å². The molecule has 0 aliphatic heterocycles. The minimum atomic E-state index is -0.607. The third-order valence-corrected chi connectivity index (χ3v) is 11.0. The lowest BCUT2D eigenvalue weighted by Gasteiger charge is -2.19. The largest absolute Gasteiger partial charge is 0.368 e. The lowest BCUT2D eigenvalue weighted by atomic mass is 10.1. The van der Waals surface area contributed by atoms with Crippen molar-refractivity contribution in [2.75, 3.05) is 11.9 Å². The van der Waals surface area contributed by atoms with Gasteiger partial charge in [-0.2, -0.15) is 20.2 Å². The summed E-state index contributed by atoms with van der Waals surface area (Å²) in [6, 6.07) is 22.5. The minimum absolute atomic E-state index is 0.259. The zero-order chi connectivity index (χ0) is 45.8. The Morgan fingerprint density at radius 3 is 1.53 bits per heavy atom. The molecule has 0 fully saturated rings. The van der Waals surface area contributed by atoms with E-state index in [0.717, 1.165) is 0 Å². The van der Waals surface area contributed by atoms with E-state index in [1.807, 2.05) is 41.2 Å². The van der Waals surface area contributed by atoms with E-state index >= 15 is 0 Å². The van der Waals surface area contributed by atoms with E-state index < -0.39 is 29.7 Å². The molecule has 4 aromatic heterocycles. The van der Waals surface area contributed by atoms with Crippen LogP contribution >= 0.6 is 0 Å². The van der Waals surface area contributed by atoms with Crippen LogP contribution in [0.15, 0.2) is 88.8 Å². The highest BCUT2D eigenvalue weighted by Crippen LogP contribution is 2.20. The number of hydrogen-bond acceptors (Lipinski definition) is 8. The van der Waals surface area contributed by atoms with Crippen LogP contribution in [0, 0.1) is 13.8 Å². The van der Waals surface area contributed by atoms with Gasteiger partial charge in [0, 0.05) is 57.1 Å². The lowest BCUT2D eigenvalue weighted by molar-refractivity contribution is -0.123. The van der Waals surface area contributed by atoms with Crippen LogP contribution in [0.25, 0.3) is 22.1 Å². The smallest absolute Gasteiger partial charge is 0.298 e. The number of nitrogens with zero attached hydrogens (tertiary/aromatic N) is 10. The molecule has 5 amide bonds. The fraction of sp³-hybridized carbons (Fsp3) is 0.311. The van der Waals surface area contributed by atoms with Crippen LogP contribution in [0.1, 0.15) is 79.8 Å². The zero-order valence-electron chi connectivity index (χ0n) is 36.6. The summed E-state index contributed by atoms with van der Waals surface area (Å²) >= 11 is 0. The third kappa shape index (κ3) is 9.24. The van der Waals surface area contributed by atoms with E-state index in [0.29, 0.717) is 87.7 Å². The molecule has 0 saturated heterocycles. The first-order chi connectivity index (χ1) is 30.7. The second kappa shape index (κ2) is 18.7. The van der Waals surface area contributed by atoms with Gasteiger partial charge in [-0.25, -0.2) is 0 Å². The number of imidazole rings is 2. The maximum Gasteiger partial charge on any atom is 0.298 e.